The van der Waals surface area contributed by atoms with E-state index >= 15 is 0 Å². The Balaban J connectivity index is 2.08. The summed E-state index contributed by atoms with van der Waals surface area (Å²) in [6.07, 6.45) is -3.79. The van der Waals surface area contributed by atoms with E-state index in [1.807, 2.05) is 0 Å². The van der Waals surface area contributed by atoms with Crippen molar-refractivity contribution < 1.29 is 37.7 Å². The van der Waals surface area contributed by atoms with Crippen molar-refractivity contribution in [3.05, 3.63) is 57.1 Å². The highest BCUT2D eigenvalue weighted by Crippen LogP contribution is 2.34. The van der Waals surface area contributed by atoms with E-state index in [9.17, 15) is 28.4 Å². The van der Waals surface area contributed by atoms with Crippen molar-refractivity contribution in [3.63, 3.8) is 0 Å². The van der Waals surface area contributed by atoms with Gasteiger partial charge in [0, 0.05) is 27.0 Å². The highest BCUT2D eigenvalue weighted by molar-refractivity contribution is 5.68. The number of aromatic amines is 1. The predicted molar refractivity (Wildman–Crippen MR) is 108 cm³/mol. The number of carbonyl (C=O) groups excluding carboxylic acids is 3. The maximum Gasteiger partial charge on any atom is 0.330 e. The molecule has 0 radical (unpaired) electrons. The Bertz CT molecular complexity index is 1170. The number of aromatic nitrogens is 2. The second-order valence-electron chi connectivity index (χ2n) is 7.23. The highest BCUT2D eigenvalue weighted by Gasteiger charge is 2.51. The molecule has 33 heavy (non-hydrogen) atoms. The summed E-state index contributed by atoms with van der Waals surface area (Å²) in [6, 6.07) is 4.98. The quantitative estimate of drug-likeness (QED) is 0.482. The topological polar surface area (TPSA) is 143 Å². The molecule has 12 heteroatoms. The van der Waals surface area contributed by atoms with E-state index in [2.05, 4.69) is 4.98 Å². The minimum absolute atomic E-state index is 0.00671. The van der Waals surface area contributed by atoms with Gasteiger partial charge in [-0.3, -0.25) is 28.7 Å². The molecule has 1 aromatic carbocycles. The van der Waals surface area contributed by atoms with Gasteiger partial charge in [0.2, 0.25) is 0 Å². The van der Waals surface area contributed by atoms with E-state index in [-0.39, 0.29) is 12.2 Å². The number of benzene rings is 1. The van der Waals surface area contributed by atoms with Crippen LogP contribution in [0, 0.1) is 5.82 Å². The number of nitrogens with one attached hydrogen (secondary N) is 1. The fourth-order valence-electron chi connectivity index (χ4n) is 3.43. The zero-order valence-corrected chi connectivity index (χ0v) is 17.9. The van der Waals surface area contributed by atoms with E-state index in [0.717, 1.165) is 43.7 Å². The first-order valence-electron chi connectivity index (χ1n) is 9.81. The first-order chi connectivity index (χ1) is 15.6. The number of halogens is 1. The van der Waals surface area contributed by atoms with Crippen LogP contribution in [0.15, 0.2) is 40.1 Å². The summed E-state index contributed by atoms with van der Waals surface area (Å²) in [7, 11) is 0. The first-order valence-corrected chi connectivity index (χ1v) is 9.81. The van der Waals surface area contributed by atoms with Gasteiger partial charge < -0.3 is 18.9 Å². The molecular formula is C21H21FN2O9. The van der Waals surface area contributed by atoms with Crippen molar-refractivity contribution in [2.75, 3.05) is 6.61 Å². The lowest BCUT2D eigenvalue weighted by Crippen LogP contribution is -2.42. The lowest BCUT2D eigenvalue weighted by Gasteiger charge is -2.24. The van der Waals surface area contributed by atoms with Crippen LogP contribution in [0.5, 0.6) is 0 Å². The van der Waals surface area contributed by atoms with E-state index in [4.69, 9.17) is 18.9 Å². The third kappa shape index (κ3) is 5.52. The molecule has 4 atom stereocenters. The summed E-state index contributed by atoms with van der Waals surface area (Å²) in [5.41, 5.74) is -1.32. The summed E-state index contributed by atoms with van der Waals surface area (Å²) in [6.45, 7) is 3.05. The van der Waals surface area contributed by atoms with E-state index < -0.39 is 59.5 Å². The molecule has 1 aliphatic heterocycles. The van der Waals surface area contributed by atoms with Crippen LogP contribution in [0.3, 0.4) is 0 Å². The van der Waals surface area contributed by atoms with Gasteiger partial charge in [-0.25, -0.2) is 9.18 Å². The molecule has 3 rings (SSSR count). The lowest BCUT2D eigenvalue weighted by molar-refractivity contribution is -0.166. The van der Waals surface area contributed by atoms with Gasteiger partial charge in [0.15, 0.2) is 18.4 Å². The molecule has 0 aliphatic carbocycles. The van der Waals surface area contributed by atoms with E-state index in [1.165, 1.54) is 12.1 Å². The number of carbonyl (C=O) groups is 3. The van der Waals surface area contributed by atoms with Gasteiger partial charge in [0.25, 0.3) is 5.56 Å². The maximum atomic E-state index is 13.3. The number of hydrogen-bond acceptors (Lipinski definition) is 9. The molecule has 0 saturated carbocycles. The minimum atomic E-state index is -1.35. The normalized spacial score (nSPS) is 21.9. The molecule has 0 spiro atoms. The van der Waals surface area contributed by atoms with Crippen LogP contribution in [0.2, 0.25) is 0 Å². The van der Waals surface area contributed by atoms with Crippen molar-refractivity contribution in [1.82, 2.24) is 9.55 Å². The molecule has 0 amide bonds. The van der Waals surface area contributed by atoms with Crippen LogP contribution >= 0.6 is 0 Å². The molecule has 2 aromatic rings. The maximum absolute atomic E-state index is 13.3. The van der Waals surface area contributed by atoms with Gasteiger partial charge in [-0.2, -0.15) is 0 Å². The van der Waals surface area contributed by atoms with Crippen LogP contribution < -0.4 is 11.2 Å². The Morgan fingerprint density at radius 3 is 2.18 bits per heavy atom. The van der Waals surface area contributed by atoms with Crippen LogP contribution in [0.25, 0.3) is 11.1 Å². The fraction of sp³-hybridized carbons (Fsp3) is 0.381. The molecule has 0 bridgehead atoms. The third-order valence-electron chi connectivity index (χ3n) is 4.74. The first kappa shape index (κ1) is 23.9. The summed E-state index contributed by atoms with van der Waals surface area (Å²) in [5.74, 6) is -2.63. The Kier molecular flexibility index (Phi) is 7.07. The number of nitrogens with zero attached hydrogens (tertiary/aromatic N) is 1. The minimum Gasteiger partial charge on any atom is -0.463 e. The summed E-state index contributed by atoms with van der Waals surface area (Å²) in [5, 5.41) is 0. The average Bonchev–Trinajstić information content (AvgIpc) is 3.03. The molecule has 2 heterocycles. The predicted octanol–water partition coefficient (Wildman–Crippen LogP) is 0.667. The molecule has 0 unspecified atom stereocenters. The third-order valence-corrected chi connectivity index (χ3v) is 4.74. The highest BCUT2D eigenvalue weighted by atomic mass is 19.1. The molecule has 1 saturated heterocycles. The zero-order chi connectivity index (χ0) is 24.3. The molecule has 1 aliphatic rings. The molecular weight excluding hydrogens is 443 g/mol. The van der Waals surface area contributed by atoms with Crippen molar-refractivity contribution in [2.45, 2.75) is 45.3 Å². The molecule has 11 nitrogen and oxygen atoms in total. The van der Waals surface area contributed by atoms with Crippen LogP contribution in [0.1, 0.15) is 27.0 Å². The van der Waals surface area contributed by atoms with Crippen molar-refractivity contribution >= 4 is 17.9 Å². The van der Waals surface area contributed by atoms with Crippen molar-refractivity contribution in [1.29, 1.82) is 0 Å². The van der Waals surface area contributed by atoms with Gasteiger partial charge in [0.1, 0.15) is 18.5 Å². The molecule has 1 fully saturated rings. The smallest absolute Gasteiger partial charge is 0.330 e. The Morgan fingerprint density at radius 1 is 1.00 bits per heavy atom. The van der Waals surface area contributed by atoms with Crippen molar-refractivity contribution in [2.24, 2.45) is 0 Å². The Labute approximate surface area is 186 Å². The van der Waals surface area contributed by atoms with Gasteiger partial charge in [-0.1, -0.05) is 12.1 Å². The van der Waals surface area contributed by atoms with Crippen molar-refractivity contribution in [3.8, 4) is 11.1 Å². The second-order valence-corrected chi connectivity index (χ2v) is 7.23. The number of esters is 3. The second kappa shape index (κ2) is 9.77. The van der Waals surface area contributed by atoms with Crippen LogP contribution in [0.4, 0.5) is 4.39 Å². The summed E-state index contributed by atoms with van der Waals surface area (Å²) < 4.78 is 35.6. The summed E-state index contributed by atoms with van der Waals surface area (Å²) >= 11 is 0. The monoisotopic (exact) mass is 464 g/mol. The molecule has 1 N–H and O–H groups in total. The number of rotatable bonds is 6. The fourth-order valence-corrected chi connectivity index (χ4v) is 3.43. The standard InChI is InChI=1S/C21H21FN2O9/c1-10(25)30-9-16-17(31-11(2)26)18(32-12(3)27)20(33-16)24-8-15(19(28)23-21(24)29)13-4-6-14(22)7-5-13/h4-8,16-18,20H,9H2,1-3H3,(H,23,28,29)/t16-,17-,18-,20-/m1/s1. The molecule has 176 valence electrons. The Morgan fingerprint density at radius 2 is 1.61 bits per heavy atom. The van der Waals surface area contributed by atoms with Gasteiger partial charge in [-0.15, -0.1) is 0 Å². The Hall–Kier alpha value is -3.80. The van der Waals surface area contributed by atoms with Gasteiger partial charge >= 0.3 is 23.6 Å². The number of H-pyrrole nitrogens is 1. The van der Waals surface area contributed by atoms with Crippen LogP contribution in [-0.2, 0) is 33.3 Å². The van der Waals surface area contributed by atoms with E-state index in [1.54, 1.807) is 0 Å². The van der Waals surface area contributed by atoms with E-state index in [0.29, 0.717) is 5.56 Å². The zero-order valence-electron chi connectivity index (χ0n) is 17.9. The van der Waals surface area contributed by atoms with Crippen LogP contribution in [-0.4, -0.2) is 52.4 Å². The van der Waals surface area contributed by atoms with Gasteiger partial charge in [-0.05, 0) is 17.7 Å². The average molecular weight is 464 g/mol. The SMILES string of the molecule is CC(=O)OC[C@H]1O[C@@H](n2cc(-c3ccc(F)cc3)c(=O)[nH]c2=O)[C@H](OC(C)=O)[C@@H]1OC(C)=O. The number of hydrogen-bond donors (Lipinski definition) is 1. The molecule has 1 aromatic heterocycles. The lowest BCUT2D eigenvalue weighted by atomic mass is 10.1. The summed E-state index contributed by atoms with van der Waals surface area (Å²) in [4.78, 5) is 61.8. The number of ether oxygens (including phenoxy) is 4. The largest absolute Gasteiger partial charge is 0.463 e. The van der Waals surface area contributed by atoms with Gasteiger partial charge in [0.05, 0.1) is 5.56 Å².